The lowest BCUT2D eigenvalue weighted by molar-refractivity contribution is -0.134. The number of aromatic nitrogens is 3. The number of ketones is 1. The van der Waals surface area contributed by atoms with Gasteiger partial charge < -0.3 is 5.11 Å². The molecule has 6 nitrogen and oxygen atoms in total. The molecule has 0 spiro atoms. The number of carboxylic acid groups (broad SMARTS) is 1. The minimum Gasteiger partial charge on any atom is -0.478 e. The van der Waals surface area contributed by atoms with Gasteiger partial charge in [-0.2, -0.15) is 15.4 Å². The molecule has 0 radical (unpaired) electrons. The number of aliphatic carboxylic acids is 1. The van der Waals surface area contributed by atoms with Gasteiger partial charge in [0.15, 0.2) is 5.78 Å². The average Bonchev–Trinajstić information content (AvgIpc) is 2.92. The molecule has 0 unspecified atom stereocenters. The lowest BCUT2D eigenvalue weighted by Gasteiger charge is -1.97. The van der Waals surface area contributed by atoms with Gasteiger partial charge in [0.1, 0.15) is 11.3 Å². The van der Waals surface area contributed by atoms with Crippen molar-refractivity contribution in [3.05, 3.63) is 17.5 Å². The number of H-pyrrole nitrogens is 1. The molecule has 2 rings (SSSR count). The Labute approximate surface area is 85.0 Å². The van der Waals surface area contributed by atoms with E-state index in [-0.39, 0.29) is 17.3 Å². The van der Waals surface area contributed by atoms with E-state index in [1.807, 2.05) is 0 Å². The lowest BCUT2D eigenvalue weighted by Crippen LogP contribution is -2.13. The maximum Gasteiger partial charge on any atom is 0.339 e. The molecule has 1 heterocycles. The van der Waals surface area contributed by atoms with Crippen LogP contribution in [-0.4, -0.2) is 32.3 Å². The molecule has 0 amide bonds. The molecule has 1 fully saturated rings. The van der Waals surface area contributed by atoms with Crippen molar-refractivity contribution in [2.24, 2.45) is 5.92 Å². The number of hydrogen-bond donors (Lipinski definition) is 2. The third kappa shape index (κ3) is 2.09. The van der Waals surface area contributed by atoms with Gasteiger partial charge in [-0.15, -0.1) is 0 Å². The Morgan fingerprint density at radius 1 is 1.53 bits per heavy atom. The molecular formula is C9H9N3O3. The maximum absolute atomic E-state index is 11.6. The highest BCUT2D eigenvalue weighted by Gasteiger charge is 2.34. The average molecular weight is 207 g/mol. The van der Waals surface area contributed by atoms with Crippen LogP contribution in [0.5, 0.6) is 0 Å². The second-order valence-corrected chi connectivity index (χ2v) is 3.40. The molecule has 0 bridgehead atoms. The van der Waals surface area contributed by atoms with E-state index in [1.165, 1.54) is 12.3 Å². The Morgan fingerprint density at radius 2 is 2.27 bits per heavy atom. The van der Waals surface area contributed by atoms with Crippen LogP contribution in [0.2, 0.25) is 0 Å². The van der Waals surface area contributed by atoms with Crippen molar-refractivity contribution in [3.8, 4) is 0 Å². The highest BCUT2D eigenvalue weighted by molar-refractivity contribution is 6.21. The number of carbonyl (C=O) groups excluding carboxylic acids is 1. The first-order chi connectivity index (χ1) is 7.18. The number of carboxylic acids is 1. The smallest absolute Gasteiger partial charge is 0.339 e. The van der Waals surface area contributed by atoms with Crippen LogP contribution in [0.3, 0.4) is 0 Å². The summed E-state index contributed by atoms with van der Waals surface area (Å²) in [6.07, 6.45) is 4.17. The molecule has 1 aliphatic rings. The van der Waals surface area contributed by atoms with E-state index in [0.717, 1.165) is 12.8 Å². The number of Topliss-reactive ketones (excluding diaryl/α,β-unsaturated/α-hetero) is 1. The topological polar surface area (TPSA) is 95.9 Å². The Bertz CT molecular complexity index is 418. The van der Waals surface area contributed by atoms with E-state index in [0.29, 0.717) is 5.69 Å². The number of nitrogens with one attached hydrogen (secondary N) is 1. The van der Waals surface area contributed by atoms with Crippen molar-refractivity contribution in [1.29, 1.82) is 0 Å². The molecule has 1 saturated carbocycles. The summed E-state index contributed by atoms with van der Waals surface area (Å²) in [5.74, 6) is -1.64. The monoisotopic (exact) mass is 207 g/mol. The standard InChI is InChI=1S/C9H9N3O3/c13-8(5-1-2-5)7(9(14)15)3-6-4-10-12-11-6/h3-5H,1-2H2,(H,14,15)(H,10,11,12). The molecule has 6 heteroatoms. The third-order valence-corrected chi connectivity index (χ3v) is 2.17. The zero-order valence-electron chi connectivity index (χ0n) is 7.80. The van der Waals surface area contributed by atoms with Gasteiger partial charge in [-0.1, -0.05) is 0 Å². The van der Waals surface area contributed by atoms with Gasteiger partial charge in [-0.05, 0) is 18.9 Å². The van der Waals surface area contributed by atoms with Crippen LogP contribution in [0.1, 0.15) is 18.5 Å². The number of hydrogen-bond acceptors (Lipinski definition) is 4. The molecule has 2 N–H and O–H groups in total. The van der Waals surface area contributed by atoms with Gasteiger partial charge in [0.05, 0.1) is 6.20 Å². The number of nitrogens with zero attached hydrogens (tertiary/aromatic N) is 2. The predicted octanol–water partition coefficient (Wildman–Crippen LogP) is 0.252. The highest BCUT2D eigenvalue weighted by atomic mass is 16.4. The van der Waals surface area contributed by atoms with Crippen LogP contribution in [-0.2, 0) is 9.59 Å². The van der Waals surface area contributed by atoms with Gasteiger partial charge in [-0.25, -0.2) is 4.79 Å². The van der Waals surface area contributed by atoms with E-state index in [2.05, 4.69) is 15.4 Å². The van der Waals surface area contributed by atoms with Crippen molar-refractivity contribution >= 4 is 17.8 Å². The van der Waals surface area contributed by atoms with E-state index >= 15 is 0 Å². The molecule has 1 aromatic heterocycles. The van der Waals surface area contributed by atoms with Crippen molar-refractivity contribution in [3.63, 3.8) is 0 Å². The minimum absolute atomic E-state index is 0.112. The highest BCUT2D eigenvalue weighted by Crippen LogP contribution is 2.32. The zero-order chi connectivity index (χ0) is 10.8. The van der Waals surface area contributed by atoms with Gasteiger partial charge in [-0.3, -0.25) is 4.79 Å². The second-order valence-electron chi connectivity index (χ2n) is 3.40. The number of carbonyl (C=O) groups is 2. The molecule has 1 aliphatic carbocycles. The summed E-state index contributed by atoms with van der Waals surface area (Å²) in [7, 11) is 0. The molecule has 0 saturated heterocycles. The zero-order valence-corrected chi connectivity index (χ0v) is 7.80. The molecule has 0 aromatic carbocycles. The second kappa shape index (κ2) is 3.64. The Morgan fingerprint density at radius 3 is 2.73 bits per heavy atom. The predicted molar refractivity (Wildman–Crippen MR) is 49.7 cm³/mol. The summed E-state index contributed by atoms with van der Waals surface area (Å²) >= 11 is 0. The van der Waals surface area contributed by atoms with Crippen LogP contribution in [0.25, 0.3) is 6.08 Å². The maximum atomic E-state index is 11.6. The largest absolute Gasteiger partial charge is 0.478 e. The quantitative estimate of drug-likeness (QED) is 0.419. The van der Waals surface area contributed by atoms with Gasteiger partial charge in [0.2, 0.25) is 0 Å². The number of aromatic amines is 1. The first-order valence-electron chi connectivity index (χ1n) is 4.53. The van der Waals surface area contributed by atoms with E-state index in [4.69, 9.17) is 5.11 Å². The first kappa shape index (κ1) is 9.57. The molecule has 0 aliphatic heterocycles. The van der Waals surface area contributed by atoms with Crippen LogP contribution >= 0.6 is 0 Å². The van der Waals surface area contributed by atoms with Crippen molar-refractivity contribution in [2.45, 2.75) is 12.8 Å². The summed E-state index contributed by atoms with van der Waals surface area (Å²) in [5, 5.41) is 18.4. The van der Waals surface area contributed by atoms with Crippen LogP contribution in [0.15, 0.2) is 11.8 Å². The first-order valence-corrected chi connectivity index (χ1v) is 4.53. The summed E-state index contributed by atoms with van der Waals surface area (Å²) in [5.41, 5.74) is 0.132. The normalized spacial score (nSPS) is 16.4. The van der Waals surface area contributed by atoms with E-state index < -0.39 is 5.97 Å². The van der Waals surface area contributed by atoms with E-state index in [1.54, 1.807) is 0 Å². The molecule has 78 valence electrons. The summed E-state index contributed by atoms with van der Waals surface area (Å²) < 4.78 is 0. The fourth-order valence-electron chi connectivity index (χ4n) is 1.23. The summed E-state index contributed by atoms with van der Waals surface area (Å²) in [6.45, 7) is 0. The summed E-state index contributed by atoms with van der Waals surface area (Å²) in [6, 6.07) is 0. The SMILES string of the molecule is O=C(O)C(=Cc1cn[nH]n1)C(=O)C1CC1. The minimum atomic E-state index is -1.21. The fraction of sp³-hybridized carbons (Fsp3) is 0.333. The van der Waals surface area contributed by atoms with Crippen molar-refractivity contribution in [2.75, 3.05) is 0 Å². The Balaban J connectivity index is 2.26. The summed E-state index contributed by atoms with van der Waals surface area (Å²) in [4.78, 5) is 22.4. The fourth-order valence-corrected chi connectivity index (χ4v) is 1.23. The third-order valence-electron chi connectivity index (χ3n) is 2.17. The van der Waals surface area contributed by atoms with Crippen molar-refractivity contribution in [1.82, 2.24) is 15.4 Å². The molecular weight excluding hydrogens is 198 g/mol. The van der Waals surface area contributed by atoms with Crippen LogP contribution in [0, 0.1) is 5.92 Å². The van der Waals surface area contributed by atoms with Gasteiger partial charge >= 0.3 is 5.97 Å². The van der Waals surface area contributed by atoms with Crippen molar-refractivity contribution < 1.29 is 14.7 Å². The lowest BCUT2D eigenvalue weighted by atomic mass is 10.1. The van der Waals surface area contributed by atoms with Crippen LogP contribution in [0.4, 0.5) is 0 Å². The molecule has 1 aromatic rings. The number of rotatable bonds is 4. The van der Waals surface area contributed by atoms with Crippen LogP contribution < -0.4 is 0 Å². The molecule has 15 heavy (non-hydrogen) atoms. The molecule has 0 atom stereocenters. The van der Waals surface area contributed by atoms with Gasteiger partial charge in [0, 0.05) is 5.92 Å². The Kier molecular flexibility index (Phi) is 2.32. The Hall–Kier alpha value is -1.98. The van der Waals surface area contributed by atoms with E-state index in [9.17, 15) is 9.59 Å². The van der Waals surface area contributed by atoms with Gasteiger partial charge in [0.25, 0.3) is 0 Å².